The predicted octanol–water partition coefficient (Wildman–Crippen LogP) is 4.13. The maximum absolute atomic E-state index is 12.8. The molecule has 4 rings (SSSR count). The average Bonchev–Trinajstić information content (AvgIpc) is 3.27. The third-order valence-electron chi connectivity index (χ3n) is 6.62. The first-order valence-electron chi connectivity index (χ1n) is 9.82. The lowest BCUT2D eigenvalue weighted by Crippen LogP contribution is -2.28. The molecule has 3 aliphatic carbocycles. The van der Waals surface area contributed by atoms with Crippen molar-refractivity contribution in [2.75, 3.05) is 5.32 Å². The van der Waals surface area contributed by atoms with Gasteiger partial charge < -0.3 is 11.1 Å². The molecule has 1 aromatic heterocycles. The zero-order valence-electron chi connectivity index (χ0n) is 15.0. The number of rotatable bonds is 5. The van der Waals surface area contributed by atoms with Crippen LogP contribution in [0.25, 0.3) is 0 Å². The van der Waals surface area contributed by atoms with Crippen molar-refractivity contribution in [3.63, 3.8) is 0 Å². The van der Waals surface area contributed by atoms with Crippen LogP contribution >= 0.6 is 11.3 Å². The number of anilines is 1. The van der Waals surface area contributed by atoms with Crippen molar-refractivity contribution in [3.8, 4) is 0 Å². The highest BCUT2D eigenvalue weighted by atomic mass is 32.1. The van der Waals surface area contributed by atoms with E-state index in [0.29, 0.717) is 22.4 Å². The second-order valence-corrected chi connectivity index (χ2v) is 9.35. The van der Waals surface area contributed by atoms with Crippen LogP contribution < -0.4 is 11.1 Å². The van der Waals surface area contributed by atoms with Gasteiger partial charge in [-0.1, -0.05) is 26.2 Å². The summed E-state index contributed by atoms with van der Waals surface area (Å²) >= 11 is 1.59. The fraction of sp³-hybridized carbons (Fsp3) is 0.700. The van der Waals surface area contributed by atoms with E-state index in [1.54, 1.807) is 11.3 Å². The Balaban J connectivity index is 1.55. The Hall–Kier alpha value is -1.36. The SMILES string of the molecule is CCC[C@@H]1CCc2c(sc(NC(=O)[C@H]3C[C@@H]4CC[C@@H]3C4)c2C(N)=O)C1. The van der Waals surface area contributed by atoms with Crippen LogP contribution in [0.1, 0.15) is 72.7 Å². The van der Waals surface area contributed by atoms with Crippen molar-refractivity contribution in [2.24, 2.45) is 29.4 Å². The molecule has 25 heavy (non-hydrogen) atoms. The number of amides is 2. The molecular formula is C20H28N2O2S. The molecule has 0 unspecified atom stereocenters. The number of thiophene rings is 1. The molecule has 5 heteroatoms. The van der Waals surface area contributed by atoms with Crippen LogP contribution in [0.5, 0.6) is 0 Å². The molecule has 136 valence electrons. The molecule has 4 atom stereocenters. The highest BCUT2D eigenvalue weighted by Gasteiger charge is 2.43. The summed E-state index contributed by atoms with van der Waals surface area (Å²) in [6, 6.07) is 0. The molecule has 3 aliphatic rings. The number of hydrogen-bond acceptors (Lipinski definition) is 3. The van der Waals surface area contributed by atoms with Gasteiger partial charge in [-0.05, 0) is 61.8 Å². The van der Waals surface area contributed by atoms with Crippen LogP contribution in [0, 0.1) is 23.7 Å². The molecule has 0 spiro atoms. The zero-order chi connectivity index (χ0) is 17.6. The van der Waals surface area contributed by atoms with Crippen molar-refractivity contribution < 1.29 is 9.59 Å². The maximum atomic E-state index is 12.8. The third kappa shape index (κ3) is 3.12. The van der Waals surface area contributed by atoms with Gasteiger partial charge in [0, 0.05) is 10.8 Å². The summed E-state index contributed by atoms with van der Waals surface area (Å²) in [4.78, 5) is 26.1. The summed E-state index contributed by atoms with van der Waals surface area (Å²) < 4.78 is 0. The van der Waals surface area contributed by atoms with Crippen LogP contribution in [0.3, 0.4) is 0 Å². The fourth-order valence-electron chi connectivity index (χ4n) is 5.43. The number of carbonyl (C=O) groups excluding carboxylic acids is 2. The van der Waals surface area contributed by atoms with E-state index < -0.39 is 5.91 Å². The Morgan fingerprint density at radius 2 is 2.08 bits per heavy atom. The molecule has 0 saturated heterocycles. The number of carbonyl (C=O) groups is 2. The van der Waals surface area contributed by atoms with E-state index in [1.807, 2.05) is 0 Å². The molecule has 1 heterocycles. The van der Waals surface area contributed by atoms with Crippen molar-refractivity contribution >= 4 is 28.2 Å². The fourth-order valence-corrected chi connectivity index (χ4v) is 6.80. The maximum Gasteiger partial charge on any atom is 0.251 e. The first-order valence-corrected chi connectivity index (χ1v) is 10.6. The Morgan fingerprint density at radius 1 is 1.24 bits per heavy atom. The van der Waals surface area contributed by atoms with E-state index in [4.69, 9.17) is 5.73 Å². The first kappa shape index (κ1) is 17.1. The van der Waals surface area contributed by atoms with E-state index in [2.05, 4.69) is 12.2 Å². The summed E-state index contributed by atoms with van der Waals surface area (Å²) in [5, 5.41) is 3.81. The monoisotopic (exact) mass is 360 g/mol. The van der Waals surface area contributed by atoms with E-state index in [9.17, 15) is 9.59 Å². The Morgan fingerprint density at radius 3 is 2.72 bits per heavy atom. The van der Waals surface area contributed by atoms with Gasteiger partial charge in [-0.15, -0.1) is 11.3 Å². The third-order valence-corrected chi connectivity index (χ3v) is 7.79. The van der Waals surface area contributed by atoms with Gasteiger partial charge in [-0.3, -0.25) is 9.59 Å². The lowest BCUT2D eigenvalue weighted by atomic mass is 9.84. The van der Waals surface area contributed by atoms with Crippen LogP contribution in [0.4, 0.5) is 5.00 Å². The van der Waals surface area contributed by atoms with Gasteiger partial charge in [0.1, 0.15) is 5.00 Å². The van der Waals surface area contributed by atoms with Crippen molar-refractivity contribution in [1.82, 2.24) is 0 Å². The summed E-state index contributed by atoms with van der Waals surface area (Å²) in [7, 11) is 0. The number of nitrogens with two attached hydrogens (primary N) is 1. The number of nitrogens with one attached hydrogen (secondary N) is 1. The molecule has 3 N–H and O–H groups in total. The smallest absolute Gasteiger partial charge is 0.251 e. The molecule has 0 aliphatic heterocycles. The van der Waals surface area contributed by atoms with E-state index in [-0.39, 0.29) is 11.8 Å². The average molecular weight is 361 g/mol. The highest BCUT2D eigenvalue weighted by molar-refractivity contribution is 7.17. The van der Waals surface area contributed by atoms with E-state index in [0.717, 1.165) is 37.2 Å². The highest BCUT2D eigenvalue weighted by Crippen LogP contribution is 2.49. The zero-order valence-corrected chi connectivity index (χ0v) is 15.8. The largest absolute Gasteiger partial charge is 0.365 e. The van der Waals surface area contributed by atoms with Crippen molar-refractivity contribution in [2.45, 2.75) is 64.7 Å². The lowest BCUT2D eigenvalue weighted by Gasteiger charge is -2.21. The summed E-state index contributed by atoms with van der Waals surface area (Å²) in [5.41, 5.74) is 7.38. The second kappa shape index (κ2) is 6.75. The lowest BCUT2D eigenvalue weighted by molar-refractivity contribution is -0.121. The molecule has 1 aromatic rings. The minimum Gasteiger partial charge on any atom is -0.365 e. The van der Waals surface area contributed by atoms with Crippen molar-refractivity contribution in [1.29, 1.82) is 0 Å². The second-order valence-electron chi connectivity index (χ2n) is 8.24. The quantitative estimate of drug-likeness (QED) is 0.829. The van der Waals surface area contributed by atoms with Gasteiger partial charge in [0.25, 0.3) is 5.91 Å². The van der Waals surface area contributed by atoms with Crippen molar-refractivity contribution in [3.05, 3.63) is 16.0 Å². The first-order chi connectivity index (χ1) is 12.1. The molecule has 0 radical (unpaired) electrons. The van der Waals surface area contributed by atoms with Gasteiger partial charge >= 0.3 is 0 Å². The molecule has 2 saturated carbocycles. The molecule has 2 fully saturated rings. The Bertz CT molecular complexity index is 696. The van der Waals surface area contributed by atoms with Crippen LogP contribution in [0.2, 0.25) is 0 Å². The minimum absolute atomic E-state index is 0.110. The topological polar surface area (TPSA) is 72.2 Å². The normalized spacial score (nSPS) is 30.3. The minimum atomic E-state index is -0.394. The van der Waals surface area contributed by atoms with Crippen LogP contribution in [-0.2, 0) is 17.6 Å². The summed E-state index contributed by atoms with van der Waals surface area (Å²) in [6.45, 7) is 2.22. The van der Waals surface area contributed by atoms with Crippen LogP contribution in [0.15, 0.2) is 0 Å². The standard InChI is InChI=1S/C20H28N2O2S/c1-2-3-11-5-7-14-16(10-11)25-20(17(14)18(21)23)22-19(24)15-9-12-4-6-13(15)8-12/h11-13,15H,2-10H2,1H3,(H2,21,23)(H,22,24)/t11-,12-,13-,15+/m1/s1. The van der Waals surface area contributed by atoms with Gasteiger partial charge in [0.2, 0.25) is 5.91 Å². The van der Waals surface area contributed by atoms with E-state index >= 15 is 0 Å². The van der Waals surface area contributed by atoms with E-state index in [1.165, 1.54) is 37.0 Å². The number of fused-ring (bicyclic) bond motifs is 3. The Labute approximate surface area is 153 Å². The molecule has 0 aromatic carbocycles. The molecule has 4 nitrogen and oxygen atoms in total. The predicted molar refractivity (Wildman–Crippen MR) is 101 cm³/mol. The van der Waals surface area contributed by atoms with Gasteiger partial charge in [0.15, 0.2) is 0 Å². The number of hydrogen-bond donors (Lipinski definition) is 2. The Kier molecular flexibility index (Phi) is 4.61. The summed E-state index contributed by atoms with van der Waals surface area (Å²) in [5.74, 6) is 1.83. The number of primary amides is 1. The molecule has 2 bridgehead atoms. The molecule has 2 amide bonds. The van der Waals surface area contributed by atoms with Gasteiger partial charge in [-0.25, -0.2) is 0 Å². The van der Waals surface area contributed by atoms with Crippen LogP contribution in [-0.4, -0.2) is 11.8 Å². The molecular weight excluding hydrogens is 332 g/mol. The van der Waals surface area contributed by atoms with Gasteiger partial charge in [-0.2, -0.15) is 0 Å². The van der Waals surface area contributed by atoms with Gasteiger partial charge in [0.05, 0.1) is 5.56 Å². The summed E-state index contributed by atoms with van der Waals surface area (Å²) in [6.07, 6.45) is 10.2.